The molecule has 2 N–H and O–H groups in total. The summed E-state index contributed by atoms with van der Waals surface area (Å²) < 4.78 is 16.5. The topological polar surface area (TPSA) is 70.6 Å². The van der Waals surface area contributed by atoms with E-state index in [0.717, 1.165) is 103 Å². The Morgan fingerprint density at radius 1 is 1.09 bits per heavy atom. The number of nitrogens with one attached hydrogen (secondary N) is 2. The van der Waals surface area contributed by atoms with Crippen molar-refractivity contribution in [1.29, 1.82) is 0 Å². The summed E-state index contributed by atoms with van der Waals surface area (Å²) >= 11 is 0. The van der Waals surface area contributed by atoms with Gasteiger partial charge < -0.3 is 29.7 Å². The predicted molar refractivity (Wildman–Crippen MR) is 130 cm³/mol. The first kappa shape index (κ1) is 24.6. The van der Waals surface area contributed by atoms with Gasteiger partial charge in [-0.25, -0.2) is 0 Å². The van der Waals surface area contributed by atoms with Gasteiger partial charge >= 0.3 is 0 Å². The number of benzene rings is 1. The number of nitrogens with zero attached hydrogens (tertiary/aromatic N) is 3. The van der Waals surface area contributed by atoms with E-state index in [-0.39, 0.29) is 0 Å². The minimum Gasteiger partial charge on any atom is -0.497 e. The van der Waals surface area contributed by atoms with Crippen LogP contribution in [0.3, 0.4) is 0 Å². The molecule has 1 aromatic rings. The van der Waals surface area contributed by atoms with Crippen molar-refractivity contribution in [2.75, 3.05) is 84.7 Å². The highest BCUT2D eigenvalue weighted by molar-refractivity contribution is 5.79. The van der Waals surface area contributed by atoms with E-state index in [0.29, 0.717) is 6.10 Å². The van der Waals surface area contributed by atoms with E-state index >= 15 is 0 Å². The van der Waals surface area contributed by atoms with Crippen LogP contribution in [-0.4, -0.2) is 96.8 Å². The molecule has 1 aromatic carbocycles. The highest BCUT2D eigenvalue weighted by Crippen LogP contribution is 2.20. The monoisotopic (exact) mass is 447 g/mol. The van der Waals surface area contributed by atoms with Crippen LogP contribution in [0.1, 0.15) is 25.7 Å². The maximum absolute atomic E-state index is 5.71. The van der Waals surface area contributed by atoms with Gasteiger partial charge in [0.2, 0.25) is 0 Å². The lowest BCUT2D eigenvalue weighted by Gasteiger charge is -2.36. The summed E-state index contributed by atoms with van der Waals surface area (Å²) in [4.78, 5) is 9.31. The summed E-state index contributed by atoms with van der Waals surface area (Å²) in [7, 11) is 3.53. The third kappa shape index (κ3) is 8.48. The van der Waals surface area contributed by atoms with Gasteiger partial charge in [-0.15, -0.1) is 0 Å². The molecule has 0 spiro atoms. The van der Waals surface area contributed by atoms with Gasteiger partial charge in [0.05, 0.1) is 19.8 Å². The normalized spacial score (nSPS) is 19.9. The molecule has 0 saturated carbocycles. The summed E-state index contributed by atoms with van der Waals surface area (Å²) in [6.45, 7) is 9.60. The van der Waals surface area contributed by atoms with E-state index in [4.69, 9.17) is 14.2 Å². The number of ether oxygens (including phenoxy) is 3. The predicted octanol–water partition coefficient (Wildman–Crippen LogP) is 1.96. The molecule has 2 heterocycles. The smallest absolute Gasteiger partial charge is 0.190 e. The number of piperazine rings is 1. The molecule has 0 aliphatic carbocycles. The molecule has 0 radical (unpaired) electrons. The SMILES string of the molecule is CN=C(NCCCOCC1CCCO1)NCCCN1CCN(c2ccc(OC)cc2)CC1. The average Bonchev–Trinajstić information content (AvgIpc) is 3.36. The Balaban J connectivity index is 1.19. The lowest BCUT2D eigenvalue weighted by atomic mass is 10.2. The average molecular weight is 448 g/mol. The fraction of sp³-hybridized carbons (Fsp3) is 0.708. The minimum atomic E-state index is 0.308. The van der Waals surface area contributed by atoms with E-state index in [1.54, 1.807) is 7.11 Å². The molecule has 2 saturated heterocycles. The molecular weight excluding hydrogens is 406 g/mol. The van der Waals surface area contributed by atoms with Crippen molar-refractivity contribution < 1.29 is 14.2 Å². The first-order valence-electron chi connectivity index (χ1n) is 12.0. The fourth-order valence-corrected chi connectivity index (χ4v) is 4.12. The lowest BCUT2D eigenvalue weighted by Crippen LogP contribution is -2.47. The summed E-state index contributed by atoms with van der Waals surface area (Å²) in [5, 5.41) is 6.79. The summed E-state index contributed by atoms with van der Waals surface area (Å²) in [5.74, 6) is 1.78. The Kier molecular flexibility index (Phi) is 10.9. The van der Waals surface area contributed by atoms with E-state index < -0.39 is 0 Å². The van der Waals surface area contributed by atoms with Crippen LogP contribution in [0.2, 0.25) is 0 Å². The maximum atomic E-state index is 5.71. The van der Waals surface area contributed by atoms with Crippen molar-refractivity contribution in [3.8, 4) is 5.75 Å². The molecule has 2 aliphatic heterocycles. The van der Waals surface area contributed by atoms with Crippen molar-refractivity contribution in [3.63, 3.8) is 0 Å². The van der Waals surface area contributed by atoms with Crippen LogP contribution >= 0.6 is 0 Å². The van der Waals surface area contributed by atoms with Crippen LogP contribution in [0, 0.1) is 0 Å². The quantitative estimate of drug-likeness (QED) is 0.288. The Morgan fingerprint density at radius 2 is 1.84 bits per heavy atom. The number of methoxy groups -OCH3 is 1. The number of hydrogen-bond acceptors (Lipinski definition) is 6. The van der Waals surface area contributed by atoms with Gasteiger partial charge in [0.1, 0.15) is 5.75 Å². The van der Waals surface area contributed by atoms with Crippen molar-refractivity contribution >= 4 is 11.6 Å². The molecule has 2 fully saturated rings. The lowest BCUT2D eigenvalue weighted by molar-refractivity contribution is 0.0168. The van der Waals surface area contributed by atoms with Gasteiger partial charge in [0.25, 0.3) is 0 Å². The van der Waals surface area contributed by atoms with Crippen LogP contribution in [-0.2, 0) is 9.47 Å². The van der Waals surface area contributed by atoms with Crippen LogP contribution in [0.15, 0.2) is 29.3 Å². The number of rotatable bonds is 12. The van der Waals surface area contributed by atoms with Crippen LogP contribution < -0.4 is 20.3 Å². The second-order valence-electron chi connectivity index (χ2n) is 8.37. The molecule has 8 nitrogen and oxygen atoms in total. The molecule has 8 heteroatoms. The van der Waals surface area contributed by atoms with E-state index in [1.165, 1.54) is 5.69 Å². The maximum Gasteiger partial charge on any atom is 0.190 e. The summed E-state index contributed by atoms with van der Waals surface area (Å²) in [5.41, 5.74) is 1.28. The Bertz CT molecular complexity index is 656. The molecule has 32 heavy (non-hydrogen) atoms. The third-order valence-corrected chi connectivity index (χ3v) is 6.06. The minimum absolute atomic E-state index is 0.308. The molecule has 0 aromatic heterocycles. The van der Waals surface area contributed by atoms with Gasteiger partial charge in [-0.1, -0.05) is 0 Å². The second kappa shape index (κ2) is 14.2. The zero-order valence-corrected chi connectivity index (χ0v) is 19.9. The van der Waals surface area contributed by atoms with Crippen molar-refractivity contribution in [3.05, 3.63) is 24.3 Å². The number of hydrogen-bond donors (Lipinski definition) is 2. The number of aliphatic imine (C=N–C) groups is 1. The second-order valence-corrected chi connectivity index (χ2v) is 8.37. The first-order valence-corrected chi connectivity index (χ1v) is 12.0. The van der Waals surface area contributed by atoms with Gasteiger partial charge in [-0.2, -0.15) is 0 Å². The molecule has 1 unspecified atom stereocenters. The number of guanidine groups is 1. The Labute approximate surface area is 193 Å². The van der Waals surface area contributed by atoms with Gasteiger partial charge in [-0.05, 0) is 56.5 Å². The van der Waals surface area contributed by atoms with Crippen molar-refractivity contribution in [2.24, 2.45) is 4.99 Å². The Morgan fingerprint density at radius 3 is 2.50 bits per heavy atom. The Hall–Kier alpha value is -2.03. The van der Waals surface area contributed by atoms with E-state index in [1.807, 2.05) is 19.2 Å². The molecule has 0 amide bonds. The molecule has 1 atom stereocenters. The third-order valence-electron chi connectivity index (χ3n) is 6.06. The standard InChI is InChI=1S/C24H41N5O3/c1-25-24(27-12-5-18-31-20-23-6-3-19-32-23)26-11-4-13-28-14-16-29(17-15-28)21-7-9-22(30-2)10-8-21/h7-10,23H,3-6,11-20H2,1-2H3,(H2,25,26,27). The van der Waals surface area contributed by atoms with Crippen LogP contribution in [0.5, 0.6) is 5.75 Å². The van der Waals surface area contributed by atoms with Gasteiger partial charge in [-0.3, -0.25) is 9.89 Å². The van der Waals surface area contributed by atoms with Gasteiger partial charge in [0, 0.05) is 65.2 Å². The zero-order chi connectivity index (χ0) is 22.4. The molecular formula is C24H41N5O3. The summed E-state index contributed by atoms with van der Waals surface area (Å²) in [6.07, 6.45) is 4.67. The zero-order valence-electron chi connectivity index (χ0n) is 19.9. The molecule has 180 valence electrons. The molecule has 3 rings (SSSR count). The van der Waals surface area contributed by atoms with Crippen molar-refractivity contribution in [1.82, 2.24) is 15.5 Å². The van der Waals surface area contributed by atoms with Crippen molar-refractivity contribution in [2.45, 2.75) is 31.8 Å². The van der Waals surface area contributed by atoms with Crippen LogP contribution in [0.25, 0.3) is 0 Å². The fourth-order valence-electron chi connectivity index (χ4n) is 4.12. The van der Waals surface area contributed by atoms with Gasteiger partial charge in [0.15, 0.2) is 5.96 Å². The first-order chi connectivity index (χ1) is 15.8. The van der Waals surface area contributed by atoms with E-state index in [2.05, 4.69) is 37.6 Å². The van der Waals surface area contributed by atoms with Crippen LogP contribution in [0.4, 0.5) is 5.69 Å². The molecule has 0 bridgehead atoms. The highest BCUT2D eigenvalue weighted by atomic mass is 16.5. The molecule has 2 aliphatic rings. The van der Waals surface area contributed by atoms with E-state index in [9.17, 15) is 0 Å². The largest absolute Gasteiger partial charge is 0.497 e. The highest BCUT2D eigenvalue weighted by Gasteiger charge is 2.17. The number of anilines is 1. The summed E-state index contributed by atoms with van der Waals surface area (Å²) in [6, 6.07) is 8.36.